The van der Waals surface area contributed by atoms with Crippen LogP contribution in [-0.2, 0) is 0 Å². The normalized spacial score (nSPS) is 11.9. The van der Waals surface area contributed by atoms with E-state index in [0.717, 1.165) is 24.4 Å². The molecule has 2 aromatic carbocycles. The van der Waals surface area contributed by atoms with Crippen LogP contribution in [-0.4, -0.2) is 36.3 Å². The topological polar surface area (TPSA) is 74.6 Å². The number of rotatable bonds is 9. The Labute approximate surface area is 187 Å². The number of aryl methyl sites for hydroxylation is 1. The van der Waals surface area contributed by atoms with Crippen LogP contribution in [0, 0.1) is 12.7 Å². The van der Waals surface area contributed by atoms with Crippen LogP contribution in [0.15, 0.2) is 65.3 Å². The lowest BCUT2D eigenvalue weighted by Crippen LogP contribution is -2.38. The number of amides is 2. The summed E-state index contributed by atoms with van der Waals surface area (Å²) in [5.74, 6) is -0.647. The molecule has 2 N–H and O–H groups in total. The zero-order chi connectivity index (χ0) is 23.1. The average Bonchev–Trinajstić information content (AvgIpc) is 3.32. The Hall–Kier alpha value is -3.45. The van der Waals surface area contributed by atoms with Crippen LogP contribution in [0.4, 0.5) is 10.1 Å². The molecule has 0 radical (unpaired) electrons. The van der Waals surface area contributed by atoms with Gasteiger partial charge in [0.05, 0.1) is 17.9 Å². The predicted octanol–water partition coefficient (Wildman–Crippen LogP) is 4.79. The van der Waals surface area contributed by atoms with Crippen molar-refractivity contribution in [2.75, 3.05) is 25.0 Å². The molecule has 32 heavy (non-hydrogen) atoms. The molecule has 2 amide bonds. The molecule has 1 atom stereocenters. The summed E-state index contributed by atoms with van der Waals surface area (Å²) in [6.45, 7) is 7.94. The molecule has 0 aliphatic heterocycles. The van der Waals surface area contributed by atoms with Crippen molar-refractivity contribution in [1.29, 1.82) is 0 Å². The number of anilines is 1. The lowest BCUT2D eigenvalue weighted by molar-refractivity contribution is 0.0928. The fourth-order valence-corrected chi connectivity index (χ4v) is 3.58. The van der Waals surface area contributed by atoms with Gasteiger partial charge in [-0.3, -0.25) is 14.5 Å². The van der Waals surface area contributed by atoms with E-state index in [4.69, 9.17) is 4.42 Å². The van der Waals surface area contributed by atoms with Crippen molar-refractivity contribution >= 4 is 17.5 Å². The van der Waals surface area contributed by atoms with Gasteiger partial charge < -0.3 is 15.1 Å². The van der Waals surface area contributed by atoms with Crippen molar-refractivity contribution in [2.45, 2.75) is 26.8 Å². The van der Waals surface area contributed by atoms with Gasteiger partial charge in [0.2, 0.25) is 0 Å². The van der Waals surface area contributed by atoms with Crippen LogP contribution in [0.1, 0.15) is 51.9 Å². The molecule has 0 saturated carbocycles. The van der Waals surface area contributed by atoms with Crippen LogP contribution in [0.25, 0.3) is 0 Å². The minimum atomic E-state index is -0.600. The molecule has 0 saturated heterocycles. The third kappa shape index (κ3) is 5.42. The summed E-state index contributed by atoms with van der Waals surface area (Å²) < 4.78 is 19.5. The van der Waals surface area contributed by atoms with Crippen molar-refractivity contribution in [3.05, 3.63) is 89.1 Å². The number of hydrogen-bond acceptors (Lipinski definition) is 4. The van der Waals surface area contributed by atoms with E-state index in [1.165, 1.54) is 18.2 Å². The highest BCUT2D eigenvalue weighted by atomic mass is 19.1. The van der Waals surface area contributed by atoms with Crippen LogP contribution in [0.2, 0.25) is 0 Å². The number of likely N-dealkylation sites (N-methyl/N-ethyl adjacent to an activating group) is 1. The summed E-state index contributed by atoms with van der Waals surface area (Å²) in [7, 11) is 0. The maximum absolute atomic E-state index is 13.9. The second-order valence-corrected chi connectivity index (χ2v) is 7.43. The number of nitrogens with one attached hydrogen (secondary N) is 2. The average molecular weight is 438 g/mol. The molecule has 1 unspecified atom stereocenters. The van der Waals surface area contributed by atoms with E-state index in [-0.39, 0.29) is 17.5 Å². The molecule has 0 aliphatic carbocycles. The van der Waals surface area contributed by atoms with Gasteiger partial charge in [-0.25, -0.2) is 4.39 Å². The van der Waals surface area contributed by atoms with E-state index in [0.29, 0.717) is 17.8 Å². The number of hydrogen-bond donors (Lipinski definition) is 2. The van der Waals surface area contributed by atoms with Crippen molar-refractivity contribution in [3.63, 3.8) is 0 Å². The Morgan fingerprint density at radius 2 is 1.78 bits per heavy atom. The lowest BCUT2D eigenvalue weighted by Gasteiger charge is -2.28. The molecule has 3 rings (SSSR count). The molecule has 0 fully saturated rings. The molecule has 0 bridgehead atoms. The first-order valence-electron chi connectivity index (χ1n) is 10.7. The first kappa shape index (κ1) is 23.2. The largest absolute Gasteiger partial charge is 0.468 e. The third-order valence-corrected chi connectivity index (χ3v) is 5.45. The van der Waals surface area contributed by atoms with Gasteiger partial charge >= 0.3 is 0 Å². The van der Waals surface area contributed by atoms with Gasteiger partial charge in [-0.15, -0.1) is 0 Å². The molecule has 0 aliphatic rings. The summed E-state index contributed by atoms with van der Waals surface area (Å²) in [6, 6.07) is 14.5. The zero-order valence-electron chi connectivity index (χ0n) is 18.5. The second-order valence-electron chi connectivity index (χ2n) is 7.43. The number of furan rings is 1. The number of benzene rings is 2. The summed E-state index contributed by atoms with van der Waals surface area (Å²) >= 11 is 0. The smallest absolute Gasteiger partial charge is 0.258 e. The van der Waals surface area contributed by atoms with E-state index in [2.05, 4.69) is 29.4 Å². The van der Waals surface area contributed by atoms with E-state index >= 15 is 0 Å². The van der Waals surface area contributed by atoms with Gasteiger partial charge in [-0.2, -0.15) is 0 Å². The molecule has 0 spiro atoms. The predicted molar refractivity (Wildman–Crippen MR) is 122 cm³/mol. The molecule has 6 nitrogen and oxygen atoms in total. The van der Waals surface area contributed by atoms with Crippen molar-refractivity contribution in [3.8, 4) is 0 Å². The van der Waals surface area contributed by atoms with E-state index in [9.17, 15) is 14.0 Å². The Morgan fingerprint density at radius 3 is 2.44 bits per heavy atom. The van der Waals surface area contributed by atoms with Crippen LogP contribution in [0.5, 0.6) is 0 Å². The van der Waals surface area contributed by atoms with Crippen molar-refractivity contribution in [2.24, 2.45) is 0 Å². The molecule has 1 heterocycles. The maximum Gasteiger partial charge on any atom is 0.258 e. The monoisotopic (exact) mass is 437 g/mol. The highest BCUT2D eigenvalue weighted by molar-refractivity contribution is 6.05. The van der Waals surface area contributed by atoms with Crippen molar-refractivity contribution < 1.29 is 18.4 Å². The van der Waals surface area contributed by atoms with Crippen LogP contribution < -0.4 is 10.6 Å². The maximum atomic E-state index is 13.9. The molecular formula is C25H28FN3O3. The SMILES string of the molecule is CCN(CC)C(CNC(=O)c1ccc(C)c(NC(=O)c2ccccc2F)c1)c1ccco1. The first-order chi connectivity index (χ1) is 15.4. The van der Waals surface area contributed by atoms with Gasteiger partial charge in [0.1, 0.15) is 11.6 Å². The Balaban J connectivity index is 1.73. The van der Waals surface area contributed by atoms with Gasteiger partial charge in [-0.05, 0) is 62.0 Å². The van der Waals surface area contributed by atoms with Crippen molar-refractivity contribution in [1.82, 2.24) is 10.2 Å². The summed E-state index contributed by atoms with van der Waals surface area (Å²) in [5, 5.41) is 5.67. The van der Waals surface area contributed by atoms with Crippen LogP contribution >= 0.6 is 0 Å². The fraction of sp³-hybridized carbons (Fsp3) is 0.280. The molecule has 1 aromatic heterocycles. The van der Waals surface area contributed by atoms with Gasteiger partial charge in [0.15, 0.2) is 0 Å². The standard InChI is InChI=1S/C25H28FN3O3/c1-4-29(5-2)22(23-11-8-14-32-23)16-27-24(30)18-13-12-17(3)21(15-18)28-25(31)19-9-6-7-10-20(19)26/h6-15,22H,4-5,16H2,1-3H3,(H,27,30)(H,28,31). The number of halogens is 1. The summed E-state index contributed by atoms with van der Waals surface area (Å²) in [4.78, 5) is 27.5. The molecule has 7 heteroatoms. The van der Waals surface area contributed by atoms with E-state index in [1.807, 2.05) is 19.1 Å². The van der Waals surface area contributed by atoms with E-state index < -0.39 is 11.7 Å². The lowest BCUT2D eigenvalue weighted by atomic mass is 10.1. The van der Waals surface area contributed by atoms with Gasteiger partial charge in [0, 0.05) is 17.8 Å². The molecule has 168 valence electrons. The van der Waals surface area contributed by atoms with E-state index in [1.54, 1.807) is 30.5 Å². The third-order valence-electron chi connectivity index (χ3n) is 5.45. The molecule has 3 aromatic rings. The minimum Gasteiger partial charge on any atom is -0.468 e. The fourth-order valence-electron chi connectivity index (χ4n) is 3.58. The van der Waals surface area contributed by atoms with Crippen LogP contribution in [0.3, 0.4) is 0 Å². The highest BCUT2D eigenvalue weighted by Gasteiger charge is 2.22. The van der Waals surface area contributed by atoms with Gasteiger partial charge in [-0.1, -0.05) is 32.0 Å². The Bertz CT molecular complexity index is 1060. The first-order valence-corrected chi connectivity index (χ1v) is 10.7. The minimum absolute atomic E-state index is 0.0535. The highest BCUT2D eigenvalue weighted by Crippen LogP contribution is 2.22. The Morgan fingerprint density at radius 1 is 1.03 bits per heavy atom. The Kier molecular flexibility index (Phi) is 7.78. The number of nitrogens with zero attached hydrogens (tertiary/aromatic N) is 1. The number of carbonyl (C=O) groups is 2. The number of carbonyl (C=O) groups excluding carboxylic acids is 2. The quantitative estimate of drug-likeness (QED) is 0.505. The zero-order valence-corrected chi connectivity index (χ0v) is 18.5. The second kappa shape index (κ2) is 10.7. The summed E-state index contributed by atoms with van der Waals surface area (Å²) in [5.41, 5.74) is 1.57. The summed E-state index contributed by atoms with van der Waals surface area (Å²) in [6.07, 6.45) is 1.62. The van der Waals surface area contributed by atoms with Gasteiger partial charge in [0.25, 0.3) is 11.8 Å². The molecular weight excluding hydrogens is 409 g/mol.